The molecule has 13 nitrogen and oxygen atoms in total. The third kappa shape index (κ3) is 6.87. The minimum absolute atomic E-state index is 0.526. The first-order valence-electron chi connectivity index (χ1n) is 6.73. The molecule has 1 fully saturated rings. The fraction of sp³-hybridized carbons (Fsp3) is 0.750. The van der Waals surface area contributed by atoms with Gasteiger partial charge in [0.25, 0.3) is 0 Å². The summed E-state index contributed by atoms with van der Waals surface area (Å²) in [5.74, 6) is -5.02. The molecule has 0 unspecified atom stereocenters. The van der Waals surface area contributed by atoms with E-state index in [1.807, 2.05) is 0 Å². The average molecular weight is 372 g/mol. The molecule has 1 aliphatic rings. The Balaban J connectivity index is 0.000000462. The van der Waals surface area contributed by atoms with E-state index in [-0.39, 0.29) is 0 Å². The van der Waals surface area contributed by atoms with Crippen molar-refractivity contribution in [1.29, 1.82) is 0 Å². The van der Waals surface area contributed by atoms with Crippen molar-refractivity contribution in [3.8, 4) is 0 Å². The highest BCUT2D eigenvalue weighted by Crippen LogP contribution is 2.19. The number of aliphatic carboxylic acids is 3. The minimum Gasteiger partial charge on any atom is -0.481 e. The van der Waals surface area contributed by atoms with Crippen LogP contribution in [-0.2, 0) is 19.1 Å². The second-order valence-corrected chi connectivity index (χ2v) is 5.20. The van der Waals surface area contributed by atoms with Gasteiger partial charge in [-0.2, -0.15) is 0 Å². The lowest BCUT2D eigenvalue weighted by molar-refractivity contribution is -0.286. The van der Waals surface area contributed by atoms with Crippen molar-refractivity contribution < 1.29 is 65.1 Å². The lowest BCUT2D eigenvalue weighted by Crippen LogP contribution is -2.58. The van der Waals surface area contributed by atoms with Crippen LogP contribution in [0.3, 0.4) is 0 Å². The molecule has 25 heavy (non-hydrogen) atoms. The van der Waals surface area contributed by atoms with Crippen molar-refractivity contribution in [2.75, 3.05) is 6.61 Å². The summed E-state index contributed by atoms with van der Waals surface area (Å²) in [5, 5.41) is 78.5. The molecule has 5 atom stereocenters. The largest absolute Gasteiger partial charge is 0.481 e. The first-order chi connectivity index (χ1) is 11.4. The molecule has 0 aliphatic carbocycles. The van der Waals surface area contributed by atoms with Gasteiger partial charge < -0.3 is 50.7 Å². The molecule has 0 spiro atoms. The van der Waals surface area contributed by atoms with Crippen molar-refractivity contribution in [3.63, 3.8) is 0 Å². The van der Waals surface area contributed by atoms with E-state index in [4.69, 9.17) is 46.0 Å². The Kier molecular flexibility index (Phi) is 8.86. The maximum Gasteiger partial charge on any atom is 0.336 e. The molecular formula is C12H20O13. The van der Waals surface area contributed by atoms with Gasteiger partial charge in [-0.3, -0.25) is 9.59 Å². The number of aliphatic hydroxyl groups is 6. The van der Waals surface area contributed by atoms with Crippen molar-refractivity contribution in [2.45, 2.75) is 49.1 Å². The van der Waals surface area contributed by atoms with E-state index in [9.17, 15) is 14.4 Å². The Hall–Kier alpha value is -1.87. The van der Waals surface area contributed by atoms with Gasteiger partial charge in [0.1, 0.15) is 24.4 Å². The molecule has 0 aromatic heterocycles. The van der Waals surface area contributed by atoms with Gasteiger partial charge in [0.15, 0.2) is 11.9 Å². The van der Waals surface area contributed by atoms with Crippen LogP contribution >= 0.6 is 0 Å². The Morgan fingerprint density at radius 3 is 1.60 bits per heavy atom. The summed E-state index contributed by atoms with van der Waals surface area (Å²) >= 11 is 0. The fourth-order valence-corrected chi connectivity index (χ4v) is 1.80. The number of carboxylic acid groups (broad SMARTS) is 3. The number of hydrogen-bond donors (Lipinski definition) is 9. The van der Waals surface area contributed by atoms with Crippen molar-refractivity contribution in [2.24, 2.45) is 0 Å². The first kappa shape index (κ1) is 23.1. The highest BCUT2D eigenvalue weighted by molar-refractivity contribution is 5.88. The monoisotopic (exact) mass is 372 g/mol. The van der Waals surface area contributed by atoms with Gasteiger partial charge in [-0.15, -0.1) is 0 Å². The standard InChI is InChI=1S/C6H8O7.C6H12O6/c7-3(8)1-6(13,5(11)12)2-4(9)10;7-1-2-3(8)4(9)5(10)6(11)12-2/h13H,1-2H2,(H,7,8)(H,9,10)(H,11,12);2-11H,1H2/t;2-,3-,4+,5-,6-/m.1/s1. The molecule has 1 aliphatic heterocycles. The van der Waals surface area contributed by atoms with Crippen LogP contribution in [0, 0.1) is 0 Å². The predicted octanol–water partition coefficient (Wildman–Crippen LogP) is -4.47. The zero-order valence-electron chi connectivity index (χ0n) is 12.7. The zero-order chi connectivity index (χ0) is 19.9. The summed E-state index contributed by atoms with van der Waals surface area (Å²) in [6, 6.07) is 0. The van der Waals surface area contributed by atoms with E-state index in [0.29, 0.717) is 0 Å². The fourth-order valence-electron chi connectivity index (χ4n) is 1.80. The molecule has 9 N–H and O–H groups in total. The molecule has 13 heteroatoms. The smallest absolute Gasteiger partial charge is 0.336 e. The molecule has 1 heterocycles. The molecule has 0 radical (unpaired) electrons. The van der Waals surface area contributed by atoms with Crippen LogP contribution < -0.4 is 0 Å². The van der Waals surface area contributed by atoms with E-state index in [1.54, 1.807) is 0 Å². The Bertz CT molecular complexity index is 457. The summed E-state index contributed by atoms with van der Waals surface area (Å²) in [7, 11) is 0. The maximum absolute atomic E-state index is 10.3. The van der Waals surface area contributed by atoms with E-state index >= 15 is 0 Å². The molecule has 0 aromatic carbocycles. The van der Waals surface area contributed by atoms with Gasteiger partial charge in [-0.1, -0.05) is 0 Å². The number of ether oxygens (including phenoxy) is 1. The lowest BCUT2D eigenvalue weighted by Gasteiger charge is -2.37. The summed E-state index contributed by atoms with van der Waals surface area (Å²) in [6.07, 6.45) is -9.33. The molecule has 0 saturated carbocycles. The van der Waals surface area contributed by atoms with E-state index in [1.165, 1.54) is 0 Å². The average Bonchev–Trinajstić information content (AvgIpc) is 2.47. The summed E-state index contributed by atoms with van der Waals surface area (Å²) in [5.41, 5.74) is -2.74. The molecule has 0 bridgehead atoms. The SMILES string of the molecule is O=C(O)CC(O)(CC(=O)O)C(=O)O.OC[C@H]1O[C@@H](O)[C@H](O)[C@@H](O)[C@@H]1O. The number of carboxylic acids is 3. The normalized spacial score (nSPS) is 29.3. The number of hydrogen-bond acceptors (Lipinski definition) is 10. The summed E-state index contributed by atoms with van der Waals surface area (Å²) in [4.78, 5) is 30.5. The molecule has 146 valence electrons. The van der Waals surface area contributed by atoms with E-state index < -0.39 is 73.7 Å². The van der Waals surface area contributed by atoms with Crippen LogP contribution in [-0.4, -0.2) is 107 Å². The Labute approximate surface area is 139 Å². The maximum atomic E-state index is 10.3. The Morgan fingerprint density at radius 2 is 1.28 bits per heavy atom. The zero-order valence-corrected chi connectivity index (χ0v) is 12.7. The number of aliphatic hydroxyl groups excluding tert-OH is 5. The molecule has 1 saturated heterocycles. The first-order valence-corrected chi connectivity index (χ1v) is 6.73. The third-order valence-corrected chi connectivity index (χ3v) is 3.15. The van der Waals surface area contributed by atoms with Crippen molar-refractivity contribution in [3.05, 3.63) is 0 Å². The van der Waals surface area contributed by atoms with Gasteiger partial charge in [0.05, 0.1) is 19.4 Å². The molecule has 1 rings (SSSR count). The highest BCUT2D eigenvalue weighted by atomic mass is 16.6. The van der Waals surface area contributed by atoms with E-state index in [0.717, 1.165) is 0 Å². The molecule has 0 aromatic rings. The van der Waals surface area contributed by atoms with Crippen molar-refractivity contribution >= 4 is 17.9 Å². The second kappa shape index (κ2) is 9.57. The predicted molar refractivity (Wildman–Crippen MR) is 73.1 cm³/mol. The number of rotatable bonds is 6. The van der Waals surface area contributed by atoms with Gasteiger partial charge in [-0.05, 0) is 0 Å². The lowest BCUT2D eigenvalue weighted by atomic mass is 9.96. The van der Waals surface area contributed by atoms with Crippen LogP contribution in [0.5, 0.6) is 0 Å². The minimum atomic E-state index is -2.74. The van der Waals surface area contributed by atoms with Gasteiger partial charge >= 0.3 is 17.9 Å². The van der Waals surface area contributed by atoms with Gasteiger partial charge in [0.2, 0.25) is 0 Å². The van der Waals surface area contributed by atoms with Crippen molar-refractivity contribution in [1.82, 2.24) is 0 Å². The number of carbonyl (C=O) groups is 3. The van der Waals surface area contributed by atoms with Crippen LogP contribution in [0.1, 0.15) is 12.8 Å². The van der Waals surface area contributed by atoms with Crippen LogP contribution in [0.15, 0.2) is 0 Å². The Morgan fingerprint density at radius 1 is 0.840 bits per heavy atom. The highest BCUT2D eigenvalue weighted by Gasteiger charge is 2.42. The topological polar surface area (TPSA) is 243 Å². The van der Waals surface area contributed by atoms with Gasteiger partial charge in [-0.25, -0.2) is 4.79 Å². The molecule has 0 amide bonds. The quantitative estimate of drug-likeness (QED) is 0.214. The van der Waals surface area contributed by atoms with Gasteiger partial charge in [0, 0.05) is 0 Å². The van der Waals surface area contributed by atoms with Crippen LogP contribution in [0.25, 0.3) is 0 Å². The van der Waals surface area contributed by atoms with Crippen LogP contribution in [0.4, 0.5) is 0 Å². The second-order valence-electron chi connectivity index (χ2n) is 5.20. The van der Waals surface area contributed by atoms with E-state index in [2.05, 4.69) is 4.74 Å². The third-order valence-electron chi connectivity index (χ3n) is 3.15. The van der Waals surface area contributed by atoms with Crippen LogP contribution in [0.2, 0.25) is 0 Å². The summed E-state index contributed by atoms with van der Waals surface area (Å²) < 4.78 is 4.58. The summed E-state index contributed by atoms with van der Waals surface area (Å²) in [6.45, 7) is -0.526. The molecular weight excluding hydrogens is 352 g/mol.